The number of aryl methyl sites for hydroxylation is 1. The molecule has 0 atom stereocenters. The van der Waals surface area contributed by atoms with Crippen LogP contribution in [-0.2, 0) is 6.54 Å². The van der Waals surface area contributed by atoms with Gasteiger partial charge >= 0.3 is 0 Å². The Hall–Kier alpha value is -1.39. The number of hydrogen-bond acceptors (Lipinski definition) is 3. The molecule has 2 rings (SSSR count). The largest absolute Gasteiger partial charge is 0.340 e. The van der Waals surface area contributed by atoms with Gasteiger partial charge in [-0.3, -0.25) is 0 Å². The highest BCUT2D eigenvalue weighted by Gasteiger charge is 1.99. The van der Waals surface area contributed by atoms with Gasteiger partial charge in [0.05, 0.1) is 0 Å². The van der Waals surface area contributed by atoms with E-state index in [1.165, 1.54) is 0 Å². The van der Waals surface area contributed by atoms with Gasteiger partial charge in [-0.1, -0.05) is 12.1 Å². The van der Waals surface area contributed by atoms with Crippen molar-refractivity contribution in [3.63, 3.8) is 0 Å². The Labute approximate surface area is 109 Å². The number of hydrogen-bond donors (Lipinski definition) is 2. The second kappa shape index (κ2) is 5.29. The number of nitrogens with zero attached hydrogens (tertiary/aromatic N) is 1. The molecule has 1 aromatic carbocycles. The molecule has 0 aliphatic carbocycles. The van der Waals surface area contributed by atoms with Crippen LogP contribution in [0.2, 0.25) is 0 Å². The predicted octanol–water partition coefficient (Wildman–Crippen LogP) is 3.35. The van der Waals surface area contributed by atoms with Gasteiger partial charge < -0.3 is 11.1 Å². The monoisotopic (exact) mass is 291 g/mol. The fourth-order valence-electron chi connectivity index (χ4n) is 1.48. The van der Waals surface area contributed by atoms with Gasteiger partial charge in [-0.2, -0.15) is 0 Å². The van der Waals surface area contributed by atoms with Crippen LogP contribution in [0.5, 0.6) is 0 Å². The molecule has 3 nitrogen and oxygen atoms in total. The van der Waals surface area contributed by atoms with Gasteiger partial charge in [0.25, 0.3) is 0 Å². The summed E-state index contributed by atoms with van der Waals surface area (Å²) in [6.45, 7) is 2.60. The third-order valence-electron chi connectivity index (χ3n) is 2.51. The zero-order valence-corrected chi connectivity index (χ0v) is 11.2. The molecule has 0 unspecified atom stereocenters. The lowest BCUT2D eigenvalue weighted by Gasteiger charge is -2.07. The van der Waals surface area contributed by atoms with Crippen molar-refractivity contribution in [2.24, 2.45) is 5.73 Å². The maximum Gasteiger partial charge on any atom is 0.130 e. The molecule has 0 saturated carbocycles. The maximum absolute atomic E-state index is 5.55. The van der Waals surface area contributed by atoms with Crippen molar-refractivity contribution >= 4 is 27.4 Å². The van der Waals surface area contributed by atoms with Crippen LogP contribution in [0.15, 0.2) is 41.0 Å². The van der Waals surface area contributed by atoms with E-state index in [0.29, 0.717) is 6.54 Å². The first-order valence-electron chi connectivity index (χ1n) is 5.37. The predicted molar refractivity (Wildman–Crippen MR) is 74.3 cm³/mol. The molecule has 1 heterocycles. The number of nitrogens with two attached hydrogens (primary N) is 1. The fraction of sp³-hybridized carbons (Fsp3) is 0.154. The normalized spacial score (nSPS) is 10.3. The highest BCUT2D eigenvalue weighted by molar-refractivity contribution is 9.10. The zero-order valence-electron chi connectivity index (χ0n) is 9.57. The van der Waals surface area contributed by atoms with Crippen molar-refractivity contribution in [3.8, 4) is 0 Å². The number of benzene rings is 1. The second-order valence-corrected chi connectivity index (χ2v) is 4.70. The molecule has 1 aromatic heterocycles. The standard InChI is InChI=1S/C13H14BrN3/c1-9-6-13(16-8-12(9)14)17-11-4-2-10(7-15)3-5-11/h2-6,8H,7,15H2,1H3,(H,16,17). The lowest BCUT2D eigenvalue weighted by molar-refractivity contribution is 1.07. The van der Waals surface area contributed by atoms with Gasteiger partial charge in [-0.05, 0) is 52.2 Å². The number of halogens is 1. The average Bonchev–Trinajstić information content (AvgIpc) is 2.35. The summed E-state index contributed by atoms with van der Waals surface area (Å²) >= 11 is 3.43. The van der Waals surface area contributed by atoms with Crippen LogP contribution < -0.4 is 11.1 Å². The highest BCUT2D eigenvalue weighted by Crippen LogP contribution is 2.20. The molecule has 0 saturated heterocycles. The average molecular weight is 292 g/mol. The van der Waals surface area contributed by atoms with E-state index in [1.807, 2.05) is 37.3 Å². The van der Waals surface area contributed by atoms with Gasteiger partial charge in [-0.15, -0.1) is 0 Å². The van der Waals surface area contributed by atoms with Crippen LogP contribution in [0.25, 0.3) is 0 Å². The summed E-state index contributed by atoms with van der Waals surface area (Å²) in [6, 6.07) is 10.0. The Balaban J connectivity index is 2.16. The van der Waals surface area contributed by atoms with Gasteiger partial charge in [-0.25, -0.2) is 4.98 Å². The molecular formula is C13H14BrN3. The van der Waals surface area contributed by atoms with Gasteiger partial charge in [0, 0.05) is 22.9 Å². The van der Waals surface area contributed by atoms with Crippen LogP contribution in [0, 0.1) is 6.92 Å². The molecule has 0 radical (unpaired) electrons. The molecule has 0 amide bonds. The summed E-state index contributed by atoms with van der Waals surface area (Å²) < 4.78 is 1.02. The number of anilines is 2. The van der Waals surface area contributed by atoms with Crippen LogP contribution >= 0.6 is 15.9 Å². The van der Waals surface area contributed by atoms with Crippen molar-refractivity contribution < 1.29 is 0 Å². The minimum atomic E-state index is 0.565. The smallest absolute Gasteiger partial charge is 0.130 e. The Morgan fingerprint density at radius 3 is 2.59 bits per heavy atom. The molecule has 0 aliphatic rings. The fourth-order valence-corrected chi connectivity index (χ4v) is 1.70. The third-order valence-corrected chi connectivity index (χ3v) is 3.34. The van der Waals surface area contributed by atoms with Crippen molar-refractivity contribution in [2.75, 3.05) is 5.32 Å². The Morgan fingerprint density at radius 1 is 1.29 bits per heavy atom. The van der Waals surface area contributed by atoms with Gasteiger partial charge in [0.15, 0.2) is 0 Å². The third kappa shape index (κ3) is 3.05. The number of pyridine rings is 1. The molecule has 0 bridgehead atoms. The molecule has 0 fully saturated rings. The highest BCUT2D eigenvalue weighted by atomic mass is 79.9. The van der Waals surface area contributed by atoms with E-state index in [9.17, 15) is 0 Å². The van der Waals surface area contributed by atoms with E-state index in [0.717, 1.165) is 27.1 Å². The molecule has 4 heteroatoms. The van der Waals surface area contributed by atoms with E-state index < -0.39 is 0 Å². The lowest BCUT2D eigenvalue weighted by atomic mass is 10.2. The first-order chi connectivity index (χ1) is 8.19. The Bertz CT molecular complexity index is 509. The van der Waals surface area contributed by atoms with E-state index in [4.69, 9.17) is 5.73 Å². The number of nitrogens with one attached hydrogen (secondary N) is 1. The summed E-state index contributed by atoms with van der Waals surface area (Å²) in [5.41, 5.74) is 8.84. The molecular weight excluding hydrogens is 278 g/mol. The molecule has 0 aliphatic heterocycles. The van der Waals surface area contributed by atoms with E-state index in [1.54, 1.807) is 6.20 Å². The second-order valence-electron chi connectivity index (χ2n) is 3.84. The Morgan fingerprint density at radius 2 is 2.00 bits per heavy atom. The topological polar surface area (TPSA) is 50.9 Å². The zero-order chi connectivity index (χ0) is 12.3. The summed E-state index contributed by atoms with van der Waals surface area (Å²) in [5.74, 6) is 0.839. The van der Waals surface area contributed by atoms with E-state index in [-0.39, 0.29) is 0 Å². The van der Waals surface area contributed by atoms with E-state index in [2.05, 4.69) is 26.2 Å². The van der Waals surface area contributed by atoms with Crippen LogP contribution in [0.4, 0.5) is 11.5 Å². The van der Waals surface area contributed by atoms with Gasteiger partial charge in [0.2, 0.25) is 0 Å². The van der Waals surface area contributed by atoms with Crippen molar-refractivity contribution in [2.45, 2.75) is 13.5 Å². The molecule has 88 valence electrons. The summed E-state index contributed by atoms with van der Waals surface area (Å²) in [5, 5.41) is 3.25. The van der Waals surface area contributed by atoms with Crippen LogP contribution in [0.1, 0.15) is 11.1 Å². The van der Waals surface area contributed by atoms with Crippen molar-refractivity contribution in [3.05, 3.63) is 52.1 Å². The summed E-state index contributed by atoms with van der Waals surface area (Å²) in [7, 11) is 0. The SMILES string of the molecule is Cc1cc(Nc2ccc(CN)cc2)ncc1Br. The summed E-state index contributed by atoms with van der Waals surface area (Å²) in [4.78, 5) is 4.29. The molecule has 17 heavy (non-hydrogen) atoms. The molecule has 2 aromatic rings. The van der Waals surface area contributed by atoms with Gasteiger partial charge in [0.1, 0.15) is 5.82 Å². The lowest BCUT2D eigenvalue weighted by Crippen LogP contribution is -1.97. The van der Waals surface area contributed by atoms with Crippen molar-refractivity contribution in [1.29, 1.82) is 0 Å². The Kier molecular flexibility index (Phi) is 3.76. The number of rotatable bonds is 3. The summed E-state index contributed by atoms with van der Waals surface area (Å²) in [6.07, 6.45) is 1.80. The minimum absolute atomic E-state index is 0.565. The first kappa shape index (κ1) is 12.1. The maximum atomic E-state index is 5.55. The minimum Gasteiger partial charge on any atom is -0.340 e. The van der Waals surface area contributed by atoms with Crippen molar-refractivity contribution in [1.82, 2.24) is 4.98 Å². The molecule has 0 spiro atoms. The first-order valence-corrected chi connectivity index (χ1v) is 6.16. The van der Waals surface area contributed by atoms with Crippen LogP contribution in [-0.4, -0.2) is 4.98 Å². The quantitative estimate of drug-likeness (QED) is 0.912. The number of aromatic nitrogens is 1. The molecule has 3 N–H and O–H groups in total. The van der Waals surface area contributed by atoms with Crippen LogP contribution in [0.3, 0.4) is 0 Å². The van der Waals surface area contributed by atoms with E-state index >= 15 is 0 Å².